The van der Waals surface area contributed by atoms with Crippen LogP contribution in [-0.2, 0) is 26.5 Å². The zero-order valence-electron chi connectivity index (χ0n) is 19.7. The lowest BCUT2D eigenvalue weighted by atomic mass is 9.94. The summed E-state index contributed by atoms with van der Waals surface area (Å²) < 4.78 is 77.2. The highest BCUT2D eigenvalue weighted by Gasteiger charge is 2.39. The first kappa shape index (κ1) is 26.0. The molecule has 3 aromatic rings. The van der Waals surface area contributed by atoms with Crippen LogP contribution in [0, 0.1) is 6.92 Å². The van der Waals surface area contributed by atoms with E-state index >= 15 is 0 Å². The second kappa shape index (κ2) is 9.11. The van der Waals surface area contributed by atoms with Gasteiger partial charge in [-0.15, -0.1) is 0 Å². The summed E-state index contributed by atoms with van der Waals surface area (Å²) >= 11 is 1.28. The van der Waals surface area contributed by atoms with Crippen molar-refractivity contribution in [2.24, 2.45) is 0 Å². The van der Waals surface area contributed by atoms with Crippen molar-refractivity contribution in [2.75, 3.05) is 7.11 Å². The Morgan fingerprint density at radius 3 is 2.46 bits per heavy atom. The maximum absolute atomic E-state index is 13.8. The molecule has 1 fully saturated rings. The number of aryl methyl sites for hydroxylation is 1. The normalized spacial score (nSPS) is 20.0. The molecule has 0 saturated heterocycles. The fraction of sp³-hybridized carbons (Fsp3) is 0.545. The summed E-state index contributed by atoms with van der Waals surface area (Å²) in [6.45, 7) is 5.35. The minimum absolute atomic E-state index is 0.245. The zero-order chi connectivity index (χ0) is 25.8. The first-order valence-corrected chi connectivity index (χ1v) is 13.4. The number of nitrogens with one attached hydrogen (secondary N) is 1. The van der Waals surface area contributed by atoms with Crippen LogP contribution in [0.1, 0.15) is 55.8 Å². The fourth-order valence-corrected chi connectivity index (χ4v) is 6.70. The van der Waals surface area contributed by atoms with E-state index in [4.69, 9.17) is 4.74 Å². The summed E-state index contributed by atoms with van der Waals surface area (Å²) in [5, 5.41) is 14.8. The molecule has 13 heteroatoms. The van der Waals surface area contributed by atoms with Gasteiger partial charge in [-0.3, -0.25) is 0 Å². The molecule has 1 saturated carbocycles. The first-order valence-electron chi connectivity index (χ1n) is 11.1. The average molecular weight is 533 g/mol. The van der Waals surface area contributed by atoms with Gasteiger partial charge in [-0.1, -0.05) is 17.4 Å². The van der Waals surface area contributed by atoms with Crippen molar-refractivity contribution in [1.82, 2.24) is 19.3 Å². The molecule has 0 atom stereocenters. The average Bonchev–Trinajstić information content (AvgIpc) is 3.31. The maximum atomic E-state index is 13.8. The summed E-state index contributed by atoms with van der Waals surface area (Å²) in [5.74, 6) is 0. The number of alkyl halides is 3. The molecular formula is C22H27F3N4O4S2. The number of hydrogen-bond donors (Lipinski definition) is 2. The van der Waals surface area contributed by atoms with E-state index in [1.165, 1.54) is 21.9 Å². The lowest BCUT2D eigenvalue weighted by Crippen LogP contribution is -2.39. The highest BCUT2D eigenvalue weighted by molar-refractivity contribution is 7.89. The van der Waals surface area contributed by atoms with Crippen LogP contribution in [0.4, 0.5) is 13.2 Å². The van der Waals surface area contributed by atoms with Gasteiger partial charge in [0.1, 0.15) is 10.6 Å². The van der Waals surface area contributed by atoms with Crippen LogP contribution in [0.15, 0.2) is 23.1 Å². The van der Waals surface area contributed by atoms with Crippen LogP contribution >= 0.6 is 11.3 Å². The molecule has 0 unspecified atom stereocenters. The van der Waals surface area contributed by atoms with Gasteiger partial charge in [-0.05, 0) is 58.6 Å². The van der Waals surface area contributed by atoms with E-state index in [1.807, 2.05) is 13.8 Å². The minimum Gasteiger partial charge on any atom is -0.393 e. The molecule has 192 valence electrons. The van der Waals surface area contributed by atoms with Crippen molar-refractivity contribution in [2.45, 2.75) is 75.3 Å². The van der Waals surface area contributed by atoms with Crippen LogP contribution in [0.25, 0.3) is 16.2 Å². The molecule has 8 nitrogen and oxygen atoms in total. The standard InChI is InChI=1S/C22H27F3N4O4S2/c1-12-18(29-20(26-12)34-19(27-29)21(2,3)33-4)13-5-10-16(22(23,24)25)17(11-13)35(31,32)28-14-6-8-15(30)9-7-14/h5,10-11,14-15,28,30H,6-9H2,1-4H3/t14-,15-. The Kier molecular flexibility index (Phi) is 6.77. The van der Waals surface area contributed by atoms with E-state index in [-0.39, 0.29) is 5.56 Å². The first-order chi connectivity index (χ1) is 16.2. The topological polar surface area (TPSA) is 106 Å². The molecular weight excluding hydrogens is 505 g/mol. The van der Waals surface area contributed by atoms with Crippen LogP contribution in [0.2, 0.25) is 0 Å². The Hall–Kier alpha value is -2.06. The van der Waals surface area contributed by atoms with Gasteiger partial charge in [-0.25, -0.2) is 22.6 Å². The lowest BCUT2D eigenvalue weighted by Gasteiger charge is -2.26. The van der Waals surface area contributed by atoms with Gasteiger partial charge in [0.25, 0.3) is 0 Å². The summed E-state index contributed by atoms with van der Waals surface area (Å²) in [6.07, 6.45) is -3.93. The number of nitrogens with zero attached hydrogens (tertiary/aromatic N) is 3. The number of benzene rings is 1. The van der Waals surface area contributed by atoms with Crippen LogP contribution < -0.4 is 4.72 Å². The largest absolute Gasteiger partial charge is 0.417 e. The molecule has 0 aliphatic heterocycles. The molecule has 1 aromatic carbocycles. The highest BCUT2D eigenvalue weighted by Crippen LogP contribution is 2.38. The van der Waals surface area contributed by atoms with E-state index in [1.54, 1.807) is 14.0 Å². The Balaban J connectivity index is 1.81. The number of aliphatic hydroxyl groups excluding tert-OH is 1. The third kappa shape index (κ3) is 5.10. The number of imidazole rings is 1. The van der Waals surface area contributed by atoms with E-state index in [0.29, 0.717) is 47.0 Å². The van der Waals surface area contributed by atoms with E-state index in [2.05, 4.69) is 14.8 Å². The fourth-order valence-electron chi connectivity index (χ4n) is 4.11. The molecule has 0 radical (unpaired) electrons. The molecule has 2 heterocycles. The number of aromatic nitrogens is 3. The summed E-state index contributed by atoms with van der Waals surface area (Å²) in [7, 11) is -2.97. The smallest absolute Gasteiger partial charge is 0.393 e. The summed E-state index contributed by atoms with van der Waals surface area (Å²) in [4.78, 5) is 4.14. The number of sulfonamides is 1. The van der Waals surface area contributed by atoms with Crippen molar-refractivity contribution in [3.05, 3.63) is 34.5 Å². The molecule has 4 rings (SSSR count). The van der Waals surface area contributed by atoms with Crippen LogP contribution in [0.3, 0.4) is 0 Å². The monoisotopic (exact) mass is 532 g/mol. The predicted octanol–water partition coefficient (Wildman–Crippen LogP) is 4.25. The Morgan fingerprint density at radius 1 is 1.20 bits per heavy atom. The van der Waals surface area contributed by atoms with Gasteiger partial charge in [0, 0.05) is 18.7 Å². The van der Waals surface area contributed by atoms with E-state index in [0.717, 1.165) is 12.1 Å². The molecule has 0 spiro atoms. The predicted molar refractivity (Wildman–Crippen MR) is 125 cm³/mol. The molecule has 2 aromatic heterocycles. The number of fused-ring (bicyclic) bond motifs is 1. The van der Waals surface area contributed by atoms with Gasteiger partial charge in [-0.2, -0.15) is 18.3 Å². The van der Waals surface area contributed by atoms with Crippen molar-refractivity contribution >= 4 is 26.3 Å². The number of hydrogen-bond acceptors (Lipinski definition) is 7. The van der Waals surface area contributed by atoms with Gasteiger partial charge in [0.05, 0.1) is 28.0 Å². The number of aliphatic hydroxyl groups is 1. The Labute approximate surface area is 205 Å². The minimum atomic E-state index is -4.87. The van der Waals surface area contributed by atoms with Gasteiger partial charge >= 0.3 is 6.18 Å². The number of methoxy groups -OCH3 is 1. The van der Waals surface area contributed by atoms with E-state index in [9.17, 15) is 26.7 Å². The molecule has 35 heavy (non-hydrogen) atoms. The van der Waals surface area contributed by atoms with Crippen molar-refractivity contribution in [3.63, 3.8) is 0 Å². The molecule has 2 N–H and O–H groups in total. The lowest BCUT2D eigenvalue weighted by molar-refractivity contribution is -0.139. The van der Waals surface area contributed by atoms with E-state index < -0.39 is 44.4 Å². The second-order valence-electron chi connectivity index (χ2n) is 9.20. The van der Waals surface area contributed by atoms with Crippen molar-refractivity contribution in [1.29, 1.82) is 0 Å². The molecule has 1 aliphatic carbocycles. The quantitative estimate of drug-likeness (QED) is 0.492. The Morgan fingerprint density at radius 2 is 1.86 bits per heavy atom. The second-order valence-corrected chi connectivity index (χ2v) is 11.8. The maximum Gasteiger partial charge on any atom is 0.417 e. The highest BCUT2D eigenvalue weighted by atomic mass is 32.2. The third-order valence-electron chi connectivity index (χ3n) is 6.27. The Bertz CT molecular complexity index is 1340. The van der Waals surface area contributed by atoms with Crippen LogP contribution in [0.5, 0.6) is 0 Å². The van der Waals surface area contributed by atoms with Gasteiger partial charge < -0.3 is 9.84 Å². The van der Waals surface area contributed by atoms with Crippen LogP contribution in [-0.4, -0.2) is 47.4 Å². The number of halogens is 3. The van der Waals surface area contributed by atoms with Crippen molar-refractivity contribution < 1.29 is 31.4 Å². The third-order valence-corrected chi connectivity index (χ3v) is 9.05. The molecule has 0 bridgehead atoms. The number of ether oxygens (including phenoxy) is 1. The SMILES string of the molecule is COC(C)(C)c1nn2c(-c3ccc(C(F)(F)F)c(S(=O)(=O)N[C@H]4CC[C@H](O)CC4)c3)c(C)nc2s1. The van der Waals surface area contributed by atoms with Gasteiger partial charge in [0.15, 0.2) is 0 Å². The number of rotatable bonds is 6. The van der Waals surface area contributed by atoms with Crippen molar-refractivity contribution in [3.8, 4) is 11.3 Å². The zero-order valence-corrected chi connectivity index (χ0v) is 21.3. The summed E-state index contributed by atoms with van der Waals surface area (Å²) in [5.41, 5.74) is -0.803. The summed E-state index contributed by atoms with van der Waals surface area (Å²) in [6, 6.07) is 2.49. The molecule has 1 aliphatic rings. The molecule has 0 amide bonds. The van der Waals surface area contributed by atoms with Gasteiger partial charge in [0.2, 0.25) is 15.0 Å².